The maximum absolute atomic E-state index is 13.0. The number of rotatable bonds is 4. The fourth-order valence-electron chi connectivity index (χ4n) is 3.39. The Balaban J connectivity index is 1.77. The number of ether oxygens (including phenoxy) is 2. The number of halogens is 1. The van der Waals surface area contributed by atoms with E-state index in [2.05, 4.69) is 0 Å². The maximum Gasteiger partial charge on any atom is 0.325 e. The molecule has 0 amide bonds. The van der Waals surface area contributed by atoms with Gasteiger partial charge in [-0.05, 0) is 42.0 Å². The molecule has 0 unspecified atom stereocenters. The topological polar surface area (TPSA) is 116 Å². The van der Waals surface area contributed by atoms with E-state index in [9.17, 15) is 18.3 Å². The van der Waals surface area contributed by atoms with E-state index in [1.807, 2.05) is 0 Å². The van der Waals surface area contributed by atoms with Gasteiger partial charge in [0.1, 0.15) is 10.8 Å². The van der Waals surface area contributed by atoms with E-state index in [0.29, 0.717) is 22.1 Å². The SMILES string of the molecule is N[C@]1(C(=O)O)[C@H](c2ccc3c(c2)OCO3)[C@H]1S(=O)(=O)c1ccc(Cl)cc1. The van der Waals surface area contributed by atoms with Crippen LogP contribution in [-0.2, 0) is 14.6 Å². The Bertz CT molecular complexity index is 1010. The van der Waals surface area contributed by atoms with Gasteiger partial charge in [0.05, 0.1) is 4.90 Å². The summed E-state index contributed by atoms with van der Waals surface area (Å²) in [5, 5.41) is 8.68. The van der Waals surface area contributed by atoms with Gasteiger partial charge in [0, 0.05) is 10.9 Å². The molecule has 1 saturated carbocycles. The van der Waals surface area contributed by atoms with Gasteiger partial charge in [-0.25, -0.2) is 8.42 Å². The molecule has 3 N–H and O–H groups in total. The Morgan fingerprint density at radius 1 is 1.15 bits per heavy atom. The number of carboxylic acid groups (broad SMARTS) is 1. The molecule has 0 spiro atoms. The standard InChI is InChI=1S/C17H14ClNO6S/c18-10-2-4-11(5-3-10)26(22,23)15-14(17(15,19)16(20)21)9-1-6-12-13(7-9)25-8-24-12/h1-7,14-15H,8,19H2,(H,20,21)/t14-,15-,17-/m1/s1. The number of benzene rings is 2. The average molecular weight is 396 g/mol. The van der Waals surface area contributed by atoms with Gasteiger partial charge in [0.25, 0.3) is 0 Å². The molecule has 0 saturated heterocycles. The summed E-state index contributed by atoms with van der Waals surface area (Å²) in [6.07, 6.45) is 0. The predicted molar refractivity (Wildman–Crippen MR) is 92.3 cm³/mol. The van der Waals surface area contributed by atoms with Crippen molar-refractivity contribution in [1.29, 1.82) is 0 Å². The van der Waals surface area contributed by atoms with E-state index in [-0.39, 0.29) is 11.7 Å². The Morgan fingerprint density at radius 2 is 1.81 bits per heavy atom. The normalized spacial score (nSPS) is 26.5. The summed E-state index contributed by atoms with van der Waals surface area (Å²) in [5.74, 6) is -1.33. The molecule has 0 aromatic heterocycles. The van der Waals surface area contributed by atoms with Gasteiger partial charge in [0.2, 0.25) is 6.79 Å². The lowest BCUT2D eigenvalue weighted by molar-refractivity contribution is -0.139. The molecule has 1 fully saturated rings. The highest BCUT2D eigenvalue weighted by molar-refractivity contribution is 7.92. The van der Waals surface area contributed by atoms with Crippen LogP contribution in [0.5, 0.6) is 11.5 Å². The fraction of sp³-hybridized carbons (Fsp3) is 0.235. The number of carboxylic acids is 1. The highest BCUT2D eigenvalue weighted by Crippen LogP contribution is 2.56. The molecule has 26 heavy (non-hydrogen) atoms. The zero-order valence-electron chi connectivity index (χ0n) is 13.3. The number of hydrogen-bond acceptors (Lipinski definition) is 6. The minimum Gasteiger partial charge on any atom is -0.480 e. The summed E-state index contributed by atoms with van der Waals surface area (Å²) in [6, 6.07) is 10.4. The van der Waals surface area contributed by atoms with Crippen molar-refractivity contribution < 1.29 is 27.8 Å². The van der Waals surface area contributed by atoms with Crippen LogP contribution in [0.2, 0.25) is 5.02 Å². The summed E-state index contributed by atoms with van der Waals surface area (Å²) in [6.45, 7) is 0.0582. The molecule has 1 heterocycles. The molecule has 3 atom stereocenters. The quantitative estimate of drug-likeness (QED) is 0.810. The Labute approximate surface area is 154 Å². The third-order valence-corrected chi connectivity index (χ3v) is 7.29. The van der Waals surface area contributed by atoms with Crippen LogP contribution in [0.25, 0.3) is 0 Å². The second-order valence-electron chi connectivity index (χ2n) is 6.25. The van der Waals surface area contributed by atoms with Crippen LogP contribution in [-0.4, -0.2) is 37.1 Å². The van der Waals surface area contributed by atoms with Crippen LogP contribution in [0.1, 0.15) is 11.5 Å². The molecule has 7 nitrogen and oxygen atoms in total. The zero-order valence-corrected chi connectivity index (χ0v) is 14.8. The first kappa shape index (κ1) is 17.1. The molecule has 1 aliphatic carbocycles. The lowest BCUT2D eigenvalue weighted by Crippen LogP contribution is -2.39. The smallest absolute Gasteiger partial charge is 0.325 e. The Morgan fingerprint density at radius 3 is 2.46 bits per heavy atom. The fourth-order valence-corrected chi connectivity index (χ4v) is 5.75. The summed E-state index contributed by atoms with van der Waals surface area (Å²) >= 11 is 5.80. The molecule has 9 heteroatoms. The third-order valence-electron chi connectivity index (χ3n) is 4.78. The number of nitrogens with two attached hydrogens (primary N) is 1. The summed E-state index contributed by atoms with van der Waals surface area (Å²) in [5.41, 5.74) is 4.58. The minimum atomic E-state index is -3.98. The predicted octanol–water partition coefficient (Wildman–Crippen LogP) is 1.79. The van der Waals surface area contributed by atoms with Crippen molar-refractivity contribution in [3.63, 3.8) is 0 Å². The number of carbonyl (C=O) groups is 1. The van der Waals surface area contributed by atoms with Gasteiger partial charge in [-0.2, -0.15) is 0 Å². The van der Waals surface area contributed by atoms with Gasteiger partial charge in [-0.3, -0.25) is 4.79 Å². The molecular formula is C17H14ClNO6S. The second-order valence-corrected chi connectivity index (χ2v) is 8.75. The molecule has 1 aliphatic heterocycles. The first-order valence-corrected chi connectivity index (χ1v) is 9.60. The van der Waals surface area contributed by atoms with Gasteiger partial charge in [-0.15, -0.1) is 0 Å². The van der Waals surface area contributed by atoms with E-state index in [0.717, 1.165) is 0 Å². The largest absolute Gasteiger partial charge is 0.480 e. The highest BCUT2D eigenvalue weighted by atomic mass is 35.5. The van der Waals surface area contributed by atoms with Gasteiger partial charge in [-0.1, -0.05) is 17.7 Å². The third kappa shape index (κ3) is 2.37. The lowest BCUT2D eigenvalue weighted by atomic mass is 10.1. The average Bonchev–Trinajstić information content (AvgIpc) is 3.01. The van der Waals surface area contributed by atoms with Crippen LogP contribution >= 0.6 is 11.6 Å². The molecule has 2 aromatic rings. The van der Waals surface area contributed by atoms with Crippen molar-refractivity contribution in [2.45, 2.75) is 21.6 Å². The number of sulfone groups is 1. The first-order chi connectivity index (χ1) is 12.3. The van der Waals surface area contributed by atoms with Crippen molar-refractivity contribution in [2.24, 2.45) is 5.73 Å². The second kappa shape index (κ2) is 5.60. The van der Waals surface area contributed by atoms with Crippen LogP contribution in [0, 0.1) is 0 Å². The molecule has 2 aromatic carbocycles. The number of aliphatic carboxylic acids is 1. The van der Waals surface area contributed by atoms with Crippen molar-refractivity contribution in [2.75, 3.05) is 6.79 Å². The summed E-state index contributed by atoms with van der Waals surface area (Å²) in [7, 11) is -3.98. The first-order valence-electron chi connectivity index (χ1n) is 7.67. The van der Waals surface area contributed by atoms with E-state index in [1.54, 1.807) is 18.2 Å². The van der Waals surface area contributed by atoms with Gasteiger partial charge in [0.15, 0.2) is 21.3 Å². The Hall–Kier alpha value is -2.29. The van der Waals surface area contributed by atoms with Crippen molar-refractivity contribution in [3.8, 4) is 11.5 Å². The van der Waals surface area contributed by atoms with E-state index in [1.165, 1.54) is 24.3 Å². The minimum absolute atomic E-state index is 0.0220. The summed E-state index contributed by atoms with van der Waals surface area (Å²) < 4.78 is 36.5. The zero-order chi connectivity index (χ0) is 18.7. The van der Waals surface area contributed by atoms with E-state index >= 15 is 0 Å². The number of hydrogen-bond donors (Lipinski definition) is 2. The molecule has 0 bridgehead atoms. The van der Waals surface area contributed by atoms with Gasteiger partial charge < -0.3 is 20.3 Å². The van der Waals surface area contributed by atoms with Crippen LogP contribution in [0.3, 0.4) is 0 Å². The van der Waals surface area contributed by atoms with E-state index < -0.39 is 32.5 Å². The van der Waals surface area contributed by atoms with Crippen molar-refractivity contribution >= 4 is 27.4 Å². The lowest BCUT2D eigenvalue weighted by Gasteiger charge is -2.07. The number of fused-ring (bicyclic) bond motifs is 1. The highest BCUT2D eigenvalue weighted by Gasteiger charge is 2.74. The van der Waals surface area contributed by atoms with Gasteiger partial charge >= 0.3 is 5.97 Å². The summed E-state index contributed by atoms with van der Waals surface area (Å²) in [4.78, 5) is 11.8. The molecule has 4 rings (SSSR count). The molecular weight excluding hydrogens is 382 g/mol. The van der Waals surface area contributed by atoms with Crippen molar-refractivity contribution in [1.82, 2.24) is 0 Å². The molecule has 2 aliphatic rings. The maximum atomic E-state index is 13.0. The molecule has 136 valence electrons. The van der Waals surface area contributed by atoms with E-state index in [4.69, 9.17) is 26.8 Å². The van der Waals surface area contributed by atoms with Crippen LogP contribution < -0.4 is 15.2 Å². The Kier molecular flexibility index (Phi) is 3.69. The van der Waals surface area contributed by atoms with Crippen LogP contribution in [0.15, 0.2) is 47.4 Å². The van der Waals surface area contributed by atoms with Crippen molar-refractivity contribution in [3.05, 3.63) is 53.1 Å². The molecule has 0 radical (unpaired) electrons. The monoisotopic (exact) mass is 395 g/mol. The van der Waals surface area contributed by atoms with Crippen LogP contribution in [0.4, 0.5) is 0 Å².